The molecule has 6 nitrogen and oxygen atoms in total. The monoisotopic (exact) mass is 342 g/mol. The summed E-state index contributed by atoms with van der Waals surface area (Å²) in [5.41, 5.74) is 1.94. The van der Waals surface area contributed by atoms with Gasteiger partial charge in [0.05, 0.1) is 19.3 Å². The summed E-state index contributed by atoms with van der Waals surface area (Å²) in [5, 5.41) is 5.49. The van der Waals surface area contributed by atoms with Crippen LogP contribution in [0.2, 0.25) is 0 Å². The highest BCUT2D eigenvalue weighted by Gasteiger charge is 2.08. The molecule has 0 aliphatic carbocycles. The van der Waals surface area contributed by atoms with Gasteiger partial charge in [-0.25, -0.2) is 9.59 Å². The van der Waals surface area contributed by atoms with Crippen molar-refractivity contribution >= 4 is 17.7 Å². The zero-order valence-corrected chi connectivity index (χ0v) is 14.4. The van der Waals surface area contributed by atoms with Gasteiger partial charge in [-0.2, -0.15) is 0 Å². The minimum absolute atomic E-state index is 0.337. The first kappa shape index (κ1) is 18.3. The second-order valence-electron chi connectivity index (χ2n) is 5.24. The number of anilines is 1. The van der Waals surface area contributed by atoms with Gasteiger partial charge in [0.2, 0.25) is 0 Å². The van der Waals surface area contributed by atoms with Crippen LogP contribution in [0.25, 0.3) is 0 Å². The van der Waals surface area contributed by atoms with E-state index < -0.39 is 5.97 Å². The van der Waals surface area contributed by atoms with Gasteiger partial charge >= 0.3 is 12.0 Å². The molecule has 0 aromatic heterocycles. The molecule has 0 spiro atoms. The number of amides is 2. The van der Waals surface area contributed by atoms with Crippen molar-refractivity contribution in [1.29, 1.82) is 0 Å². The highest BCUT2D eigenvalue weighted by Crippen LogP contribution is 2.18. The van der Waals surface area contributed by atoms with Gasteiger partial charge in [0.15, 0.2) is 0 Å². The molecule has 0 saturated heterocycles. The van der Waals surface area contributed by atoms with Gasteiger partial charge in [0, 0.05) is 12.2 Å². The molecule has 0 fully saturated rings. The molecule has 2 N–H and O–H groups in total. The van der Waals surface area contributed by atoms with Crippen LogP contribution in [0.1, 0.15) is 22.8 Å². The molecule has 0 saturated carbocycles. The van der Waals surface area contributed by atoms with Crippen molar-refractivity contribution < 1.29 is 19.1 Å². The van der Waals surface area contributed by atoms with E-state index >= 15 is 0 Å². The number of hydrogen-bond acceptors (Lipinski definition) is 4. The summed E-state index contributed by atoms with van der Waals surface area (Å²) in [6.07, 6.45) is 0.659. The molecule has 0 aliphatic rings. The molecular weight excluding hydrogens is 320 g/mol. The van der Waals surface area contributed by atoms with Crippen LogP contribution < -0.4 is 15.4 Å². The summed E-state index contributed by atoms with van der Waals surface area (Å²) >= 11 is 0. The predicted octanol–water partition coefficient (Wildman–Crippen LogP) is 3.24. The lowest BCUT2D eigenvalue weighted by molar-refractivity contribution is 0.0600. The third-order valence-electron chi connectivity index (χ3n) is 3.49. The van der Waals surface area contributed by atoms with Gasteiger partial charge < -0.3 is 20.1 Å². The Hall–Kier alpha value is -3.02. The predicted molar refractivity (Wildman–Crippen MR) is 96.1 cm³/mol. The summed E-state index contributed by atoms with van der Waals surface area (Å²) in [6, 6.07) is 14.0. The Morgan fingerprint density at radius 3 is 2.64 bits per heavy atom. The summed E-state index contributed by atoms with van der Waals surface area (Å²) in [6.45, 7) is 3.00. The van der Waals surface area contributed by atoms with Crippen LogP contribution in [0.3, 0.4) is 0 Å². The molecule has 0 bridgehead atoms. The zero-order chi connectivity index (χ0) is 18.1. The molecule has 2 aromatic rings. The molecule has 0 aliphatic heterocycles. The van der Waals surface area contributed by atoms with Gasteiger partial charge in [-0.15, -0.1) is 0 Å². The van der Waals surface area contributed by atoms with Crippen LogP contribution in [-0.2, 0) is 11.2 Å². The van der Waals surface area contributed by atoms with Gasteiger partial charge in [0.1, 0.15) is 5.75 Å². The molecule has 25 heavy (non-hydrogen) atoms. The van der Waals surface area contributed by atoms with Gasteiger partial charge in [0.25, 0.3) is 0 Å². The first-order chi connectivity index (χ1) is 12.1. The number of nitrogens with one attached hydrogen (secondary N) is 2. The summed E-state index contributed by atoms with van der Waals surface area (Å²) in [7, 11) is 1.31. The third kappa shape index (κ3) is 5.53. The number of rotatable bonds is 7. The van der Waals surface area contributed by atoms with E-state index in [2.05, 4.69) is 15.4 Å². The maximum Gasteiger partial charge on any atom is 0.337 e. The number of urea groups is 1. The average molecular weight is 342 g/mol. The maximum atomic E-state index is 12.0. The Morgan fingerprint density at radius 2 is 1.88 bits per heavy atom. The highest BCUT2D eigenvalue weighted by molar-refractivity contribution is 5.93. The van der Waals surface area contributed by atoms with E-state index in [9.17, 15) is 9.59 Å². The van der Waals surface area contributed by atoms with Crippen molar-refractivity contribution in [3.63, 3.8) is 0 Å². The maximum absolute atomic E-state index is 12.0. The quantitative estimate of drug-likeness (QED) is 0.758. The van der Waals surface area contributed by atoms with Crippen LogP contribution in [0.15, 0.2) is 48.5 Å². The van der Waals surface area contributed by atoms with Crippen molar-refractivity contribution in [1.82, 2.24) is 5.32 Å². The fraction of sp³-hybridized carbons (Fsp3) is 0.263. The van der Waals surface area contributed by atoms with Crippen molar-refractivity contribution in [3.8, 4) is 5.75 Å². The number of methoxy groups -OCH3 is 1. The number of benzene rings is 2. The molecule has 0 atom stereocenters. The Kier molecular flexibility index (Phi) is 6.83. The molecular formula is C19H22N2O4. The Labute approximate surface area is 147 Å². The van der Waals surface area contributed by atoms with E-state index in [4.69, 9.17) is 4.74 Å². The fourth-order valence-electron chi connectivity index (χ4n) is 2.33. The lowest BCUT2D eigenvalue weighted by atomic mass is 10.1. The summed E-state index contributed by atoms with van der Waals surface area (Å²) in [5.74, 6) is 0.384. The number of carbonyl (C=O) groups excluding carboxylic acids is 2. The average Bonchev–Trinajstić information content (AvgIpc) is 2.63. The largest absolute Gasteiger partial charge is 0.494 e. The van der Waals surface area contributed by atoms with Crippen molar-refractivity contribution in [2.24, 2.45) is 0 Å². The van der Waals surface area contributed by atoms with Crippen molar-refractivity contribution in [2.75, 3.05) is 25.6 Å². The van der Waals surface area contributed by atoms with E-state index in [0.29, 0.717) is 30.8 Å². The van der Waals surface area contributed by atoms with Crippen LogP contribution in [0.5, 0.6) is 5.75 Å². The molecule has 0 unspecified atom stereocenters. The second kappa shape index (κ2) is 9.32. The topological polar surface area (TPSA) is 76.7 Å². The summed E-state index contributed by atoms with van der Waals surface area (Å²) < 4.78 is 10.2. The normalized spacial score (nSPS) is 10.0. The smallest absolute Gasteiger partial charge is 0.337 e. The van der Waals surface area contributed by atoms with E-state index in [0.717, 1.165) is 11.3 Å². The van der Waals surface area contributed by atoms with Gasteiger partial charge in [-0.3, -0.25) is 0 Å². The Morgan fingerprint density at radius 1 is 1.08 bits per heavy atom. The van der Waals surface area contributed by atoms with Crippen LogP contribution >= 0.6 is 0 Å². The van der Waals surface area contributed by atoms with Crippen molar-refractivity contribution in [2.45, 2.75) is 13.3 Å². The Bertz CT molecular complexity index is 731. The molecule has 6 heteroatoms. The minimum atomic E-state index is -0.448. The van der Waals surface area contributed by atoms with E-state index in [-0.39, 0.29) is 6.03 Å². The van der Waals surface area contributed by atoms with E-state index in [1.165, 1.54) is 7.11 Å². The van der Waals surface area contributed by atoms with Crippen LogP contribution in [0, 0.1) is 0 Å². The van der Waals surface area contributed by atoms with Crippen LogP contribution in [-0.4, -0.2) is 32.3 Å². The molecule has 2 amide bonds. The number of ether oxygens (including phenoxy) is 2. The number of para-hydroxylation sites is 1. The lowest BCUT2D eigenvalue weighted by Crippen LogP contribution is -2.30. The molecule has 2 aromatic carbocycles. The highest BCUT2D eigenvalue weighted by atomic mass is 16.5. The lowest BCUT2D eigenvalue weighted by Gasteiger charge is -2.11. The fourth-order valence-corrected chi connectivity index (χ4v) is 2.33. The Balaban J connectivity index is 1.86. The first-order valence-corrected chi connectivity index (χ1v) is 8.08. The number of carbonyl (C=O) groups is 2. The standard InChI is InChI=1S/C19H22N2O4/c1-3-25-17-10-5-4-7-14(17)11-12-20-19(23)21-16-9-6-8-15(13-16)18(22)24-2/h4-10,13H,3,11-12H2,1-2H3,(H2,20,21,23). The number of esters is 1. The second-order valence-corrected chi connectivity index (χ2v) is 5.24. The van der Waals surface area contributed by atoms with E-state index in [1.54, 1.807) is 24.3 Å². The molecule has 132 valence electrons. The van der Waals surface area contributed by atoms with E-state index in [1.807, 2.05) is 31.2 Å². The summed E-state index contributed by atoms with van der Waals surface area (Å²) in [4.78, 5) is 23.5. The number of hydrogen-bond donors (Lipinski definition) is 2. The SMILES string of the molecule is CCOc1ccccc1CCNC(=O)Nc1cccc(C(=O)OC)c1. The molecule has 0 radical (unpaired) electrons. The molecule has 0 heterocycles. The zero-order valence-electron chi connectivity index (χ0n) is 14.4. The van der Waals surface area contributed by atoms with Gasteiger partial charge in [-0.05, 0) is 43.2 Å². The third-order valence-corrected chi connectivity index (χ3v) is 3.49. The first-order valence-electron chi connectivity index (χ1n) is 8.08. The molecule has 2 rings (SSSR count). The minimum Gasteiger partial charge on any atom is -0.494 e. The van der Waals surface area contributed by atoms with Gasteiger partial charge in [-0.1, -0.05) is 24.3 Å². The van der Waals surface area contributed by atoms with Crippen molar-refractivity contribution in [3.05, 3.63) is 59.7 Å². The van der Waals surface area contributed by atoms with Crippen LogP contribution in [0.4, 0.5) is 10.5 Å².